The van der Waals surface area contributed by atoms with E-state index in [-0.39, 0.29) is 47.9 Å². The summed E-state index contributed by atoms with van der Waals surface area (Å²) in [6.45, 7) is 3.38. The molecule has 0 saturated carbocycles. The minimum absolute atomic E-state index is 0.0363. The van der Waals surface area contributed by atoms with Crippen LogP contribution in [0, 0.1) is 0 Å². The van der Waals surface area contributed by atoms with Gasteiger partial charge in [0, 0.05) is 6.08 Å². The number of carbonyl (C=O) groups excluding carboxylic acids is 3. The summed E-state index contributed by atoms with van der Waals surface area (Å²) in [6.07, 6.45) is 2.05. The summed E-state index contributed by atoms with van der Waals surface area (Å²) in [5.41, 5.74) is 0.699. The Morgan fingerprint density at radius 3 is 2.50 bits per heavy atom. The van der Waals surface area contributed by atoms with Gasteiger partial charge >= 0.3 is 17.9 Å². The molecule has 34 heavy (non-hydrogen) atoms. The predicted molar refractivity (Wildman–Crippen MR) is 122 cm³/mol. The average molecular weight is 487 g/mol. The van der Waals surface area contributed by atoms with Gasteiger partial charge in [-0.05, 0) is 31.2 Å². The fraction of sp³-hybridized carbons (Fsp3) is 0.273. The van der Waals surface area contributed by atoms with E-state index in [9.17, 15) is 19.2 Å². The number of hydrogen-bond donors (Lipinski definition) is 1. The van der Waals surface area contributed by atoms with Gasteiger partial charge in [-0.25, -0.2) is 19.6 Å². The molecule has 0 aliphatic carbocycles. The number of amidine groups is 1. The van der Waals surface area contributed by atoms with Gasteiger partial charge in [0.2, 0.25) is 0 Å². The van der Waals surface area contributed by atoms with Crippen molar-refractivity contribution in [1.29, 1.82) is 0 Å². The molecule has 0 spiro atoms. The molecule has 178 valence electrons. The van der Waals surface area contributed by atoms with Gasteiger partial charge in [-0.3, -0.25) is 14.5 Å². The number of rotatable bonds is 9. The van der Waals surface area contributed by atoms with Crippen molar-refractivity contribution in [3.05, 3.63) is 58.9 Å². The van der Waals surface area contributed by atoms with E-state index >= 15 is 0 Å². The first-order valence-corrected chi connectivity index (χ1v) is 11.1. The topological polar surface area (TPSA) is 140 Å². The van der Waals surface area contributed by atoms with Crippen molar-refractivity contribution in [3.8, 4) is 0 Å². The maximum Gasteiger partial charge on any atom is 0.358 e. The lowest BCUT2D eigenvalue weighted by Crippen LogP contribution is -2.28. The lowest BCUT2D eigenvalue weighted by molar-refractivity contribution is -0.143. The van der Waals surface area contributed by atoms with E-state index in [1.54, 1.807) is 13.8 Å². The molecule has 1 N–H and O–H groups in total. The standard InChI is InChI=1S/C22H22N4O7S/c1-3-32-17(29)12-25-13-23-19(18(25)21(31)33-4-2)24-22-26(11-14-8-6-5-7-9-14)20(30)15(34-22)10-16(27)28/h5-10,13H,3-4,11-12H2,1-2H3,(H,27,28). The second-order valence-electron chi connectivity index (χ2n) is 6.79. The second kappa shape index (κ2) is 11.3. The normalized spacial score (nSPS) is 15.7. The summed E-state index contributed by atoms with van der Waals surface area (Å²) in [6, 6.07) is 9.07. The Balaban J connectivity index is 2.04. The van der Waals surface area contributed by atoms with E-state index in [2.05, 4.69) is 9.98 Å². The van der Waals surface area contributed by atoms with E-state index < -0.39 is 23.8 Å². The number of carbonyl (C=O) groups is 4. The van der Waals surface area contributed by atoms with Gasteiger partial charge in [-0.2, -0.15) is 0 Å². The van der Waals surface area contributed by atoms with Crippen LogP contribution in [0.1, 0.15) is 29.9 Å². The number of imidazole rings is 1. The summed E-state index contributed by atoms with van der Waals surface area (Å²) >= 11 is 0.848. The number of aromatic nitrogens is 2. The maximum atomic E-state index is 12.9. The smallest absolute Gasteiger partial charge is 0.358 e. The monoisotopic (exact) mass is 486 g/mol. The zero-order valence-electron chi connectivity index (χ0n) is 18.5. The number of thioether (sulfide) groups is 1. The lowest BCUT2D eigenvalue weighted by atomic mass is 10.2. The molecule has 0 unspecified atom stereocenters. The Labute approximate surface area is 199 Å². The zero-order valence-corrected chi connectivity index (χ0v) is 19.3. The summed E-state index contributed by atoms with van der Waals surface area (Å²) in [5, 5.41) is 9.26. The van der Waals surface area contributed by atoms with Gasteiger partial charge < -0.3 is 19.1 Å². The Morgan fingerprint density at radius 1 is 1.15 bits per heavy atom. The molecule has 1 saturated heterocycles. The van der Waals surface area contributed by atoms with Crippen LogP contribution in [-0.4, -0.2) is 61.8 Å². The first kappa shape index (κ1) is 24.7. The molecule has 2 aromatic rings. The molecular formula is C22H22N4O7S. The van der Waals surface area contributed by atoms with E-state index in [1.807, 2.05) is 30.3 Å². The number of carboxylic acids is 1. The van der Waals surface area contributed by atoms with Gasteiger partial charge in [0.05, 0.1) is 31.0 Å². The first-order valence-electron chi connectivity index (χ1n) is 10.3. The van der Waals surface area contributed by atoms with Gasteiger partial charge in [0.25, 0.3) is 5.91 Å². The molecule has 1 aromatic heterocycles. The van der Waals surface area contributed by atoms with Crippen molar-refractivity contribution < 1.29 is 33.8 Å². The quantitative estimate of drug-likeness (QED) is 0.418. The van der Waals surface area contributed by atoms with Crippen LogP contribution >= 0.6 is 11.8 Å². The minimum Gasteiger partial charge on any atom is -0.478 e. The largest absolute Gasteiger partial charge is 0.478 e. The molecule has 1 aliphatic rings. The van der Waals surface area contributed by atoms with E-state index in [0.29, 0.717) is 0 Å². The van der Waals surface area contributed by atoms with Crippen molar-refractivity contribution in [2.45, 2.75) is 26.9 Å². The average Bonchev–Trinajstić information content (AvgIpc) is 3.30. The van der Waals surface area contributed by atoms with Crippen molar-refractivity contribution >= 4 is 46.6 Å². The Kier molecular flexibility index (Phi) is 8.19. The molecule has 2 heterocycles. The van der Waals surface area contributed by atoms with Crippen LogP contribution in [0.3, 0.4) is 0 Å². The van der Waals surface area contributed by atoms with Crippen LogP contribution < -0.4 is 0 Å². The fourth-order valence-electron chi connectivity index (χ4n) is 3.03. The van der Waals surface area contributed by atoms with E-state index in [1.165, 1.54) is 15.8 Å². The number of benzene rings is 1. The van der Waals surface area contributed by atoms with Gasteiger partial charge in [0.1, 0.15) is 6.54 Å². The maximum absolute atomic E-state index is 12.9. The highest BCUT2D eigenvalue weighted by molar-refractivity contribution is 8.18. The summed E-state index contributed by atoms with van der Waals surface area (Å²) in [4.78, 5) is 58.5. The fourth-order valence-corrected chi connectivity index (χ4v) is 3.97. The number of aliphatic carboxylic acids is 1. The van der Waals surface area contributed by atoms with Gasteiger partial charge in [-0.15, -0.1) is 0 Å². The van der Waals surface area contributed by atoms with Gasteiger partial charge in [0.15, 0.2) is 16.7 Å². The van der Waals surface area contributed by atoms with Crippen LogP contribution in [0.4, 0.5) is 5.82 Å². The minimum atomic E-state index is -1.28. The van der Waals surface area contributed by atoms with Crippen molar-refractivity contribution in [2.75, 3.05) is 13.2 Å². The number of hydrogen-bond acceptors (Lipinski definition) is 9. The van der Waals surface area contributed by atoms with E-state index in [0.717, 1.165) is 23.4 Å². The molecule has 12 heteroatoms. The highest BCUT2D eigenvalue weighted by atomic mass is 32.2. The number of esters is 2. The number of nitrogens with zero attached hydrogens (tertiary/aromatic N) is 4. The van der Waals surface area contributed by atoms with Gasteiger partial charge in [-0.1, -0.05) is 30.3 Å². The highest BCUT2D eigenvalue weighted by Crippen LogP contribution is 2.34. The number of amides is 1. The predicted octanol–water partition coefficient (Wildman–Crippen LogP) is 2.35. The SMILES string of the molecule is CCOC(=O)Cn1cnc(N=C2SC(=CC(=O)O)C(=O)N2Cc2ccccc2)c1C(=O)OCC. The van der Waals surface area contributed by atoms with Crippen molar-refractivity contribution in [2.24, 2.45) is 4.99 Å². The third kappa shape index (κ3) is 5.90. The van der Waals surface area contributed by atoms with Crippen LogP contribution in [0.5, 0.6) is 0 Å². The molecule has 1 aliphatic heterocycles. The third-order valence-electron chi connectivity index (χ3n) is 4.42. The molecule has 1 fully saturated rings. The van der Waals surface area contributed by atoms with Crippen molar-refractivity contribution in [1.82, 2.24) is 14.5 Å². The van der Waals surface area contributed by atoms with Crippen LogP contribution in [0.15, 0.2) is 52.6 Å². The summed E-state index contributed by atoms with van der Waals surface area (Å²) in [5.74, 6) is -3.23. The third-order valence-corrected chi connectivity index (χ3v) is 5.43. The number of aliphatic imine (C=N–C) groups is 1. The summed E-state index contributed by atoms with van der Waals surface area (Å²) in [7, 11) is 0. The van der Waals surface area contributed by atoms with Crippen LogP contribution in [0.25, 0.3) is 0 Å². The molecule has 0 radical (unpaired) electrons. The molecule has 11 nitrogen and oxygen atoms in total. The van der Waals surface area contributed by atoms with Crippen LogP contribution in [0.2, 0.25) is 0 Å². The second-order valence-corrected chi connectivity index (χ2v) is 7.80. The molecule has 0 atom stereocenters. The van der Waals surface area contributed by atoms with Crippen molar-refractivity contribution in [3.63, 3.8) is 0 Å². The van der Waals surface area contributed by atoms with E-state index in [4.69, 9.17) is 14.6 Å². The van der Waals surface area contributed by atoms with Crippen LogP contribution in [-0.2, 0) is 36.9 Å². The first-order chi connectivity index (χ1) is 16.3. The Bertz CT molecular complexity index is 1160. The zero-order chi connectivity index (χ0) is 24.7. The summed E-state index contributed by atoms with van der Waals surface area (Å²) < 4.78 is 11.3. The Morgan fingerprint density at radius 2 is 1.85 bits per heavy atom. The molecule has 1 amide bonds. The molecule has 1 aromatic carbocycles. The molecular weight excluding hydrogens is 464 g/mol. The number of ether oxygens (including phenoxy) is 2. The number of carboxylic acid groups (broad SMARTS) is 1. The molecule has 0 bridgehead atoms. The Hall–Kier alpha value is -3.93. The lowest BCUT2D eigenvalue weighted by Gasteiger charge is -2.15. The molecule has 3 rings (SSSR count). The highest BCUT2D eigenvalue weighted by Gasteiger charge is 2.35.